The van der Waals surface area contributed by atoms with Crippen LogP contribution in [0, 0.1) is 0 Å². The number of unbranched alkanes of at least 4 members (excludes halogenated alkanes) is 43. The summed E-state index contributed by atoms with van der Waals surface area (Å²) < 4.78 is 5.48. The Hall–Kier alpha value is -1.40. The molecule has 0 aliphatic carbocycles. The van der Waals surface area contributed by atoms with E-state index in [-0.39, 0.29) is 18.5 Å². The van der Waals surface area contributed by atoms with Crippen molar-refractivity contribution in [3.8, 4) is 0 Å². The lowest BCUT2D eigenvalue weighted by atomic mass is 10.0. The number of amides is 1. The molecular formula is C60H117NO5. The summed E-state index contributed by atoms with van der Waals surface area (Å²) in [5.41, 5.74) is 0. The molecule has 0 spiro atoms. The van der Waals surface area contributed by atoms with Gasteiger partial charge in [0.1, 0.15) is 0 Å². The molecule has 3 N–H and O–H groups in total. The average molecular weight is 933 g/mol. The molecule has 0 rings (SSSR count). The van der Waals surface area contributed by atoms with Crippen LogP contribution in [0.1, 0.15) is 335 Å². The smallest absolute Gasteiger partial charge is 0.305 e. The van der Waals surface area contributed by atoms with Crippen LogP contribution >= 0.6 is 0 Å². The second-order valence-electron chi connectivity index (χ2n) is 20.7. The highest BCUT2D eigenvalue weighted by Gasteiger charge is 2.20. The predicted octanol–water partition coefficient (Wildman–Crippen LogP) is 18.5. The Morgan fingerprint density at radius 2 is 0.712 bits per heavy atom. The van der Waals surface area contributed by atoms with Gasteiger partial charge in [-0.05, 0) is 51.4 Å². The third-order valence-electron chi connectivity index (χ3n) is 14.1. The normalized spacial score (nSPS) is 12.6. The van der Waals surface area contributed by atoms with E-state index in [1.165, 1.54) is 263 Å². The number of rotatable bonds is 56. The number of allylic oxidation sites excluding steroid dienone is 2. The molecular weight excluding hydrogens is 815 g/mol. The van der Waals surface area contributed by atoms with Gasteiger partial charge in [0.25, 0.3) is 0 Å². The van der Waals surface area contributed by atoms with Gasteiger partial charge in [-0.15, -0.1) is 0 Å². The van der Waals surface area contributed by atoms with Crippen LogP contribution in [0.4, 0.5) is 0 Å². The summed E-state index contributed by atoms with van der Waals surface area (Å²) in [5.74, 6) is -0.0349. The molecule has 0 radical (unpaired) electrons. The highest BCUT2D eigenvalue weighted by Crippen LogP contribution is 2.18. The molecule has 0 heterocycles. The van der Waals surface area contributed by atoms with E-state index in [0.29, 0.717) is 25.9 Å². The van der Waals surface area contributed by atoms with Crippen molar-refractivity contribution in [1.82, 2.24) is 5.32 Å². The van der Waals surface area contributed by atoms with Crippen LogP contribution in [0.25, 0.3) is 0 Å². The average Bonchev–Trinajstić information content (AvgIpc) is 3.32. The summed E-state index contributed by atoms with van der Waals surface area (Å²) in [6, 6.07) is -0.547. The van der Waals surface area contributed by atoms with Crippen LogP contribution < -0.4 is 5.32 Å². The van der Waals surface area contributed by atoms with Crippen molar-refractivity contribution in [2.45, 2.75) is 347 Å². The van der Waals surface area contributed by atoms with E-state index in [1.807, 2.05) is 0 Å². The van der Waals surface area contributed by atoms with Crippen LogP contribution in [0.3, 0.4) is 0 Å². The molecule has 0 aromatic rings. The van der Waals surface area contributed by atoms with Crippen LogP contribution in [-0.2, 0) is 14.3 Å². The van der Waals surface area contributed by atoms with Gasteiger partial charge in [0.2, 0.25) is 5.91 Å². The SMILES string of the molecule is CCCCCCCCCCCCCCCCCC(=O)OCCCCCCCCCC/C=C\CCCCCCCCCC(=O)NC(CO)C(O)CCCCCCCCCCCCCCCCC. The van der Waals surface area contributed by atoms with E-state index in [0.717, 1.165) is 38.5 Å². The maximum atomic E-state index is 12.5. The summed E-state index contributed by atoms with van der Waals surface area (Å²) in [6.07, 6.45) is 66.3. The Morgan fingerprint density at radius 1 is 0.409 bits per heavy atom. The zero-order valence-corrected chi connectivity index (χ0v) is 44.7. The number of nitrogens with one attached hydrogen (secondary N) is 1. The molecule has 0 saturated heterocycles. The lowest BCUT2D eigenvalue weighted by molar-refractivity contribution is -0.143. The number of hydrogen-bond acceptors (Lipinski definition) is 5. The molecule has 2 unspecified atom stereocenters. The van der Waals surface area contributed by atoms with Crippen molar-refractivity contribution in [3.05, 3.63) is 12.2 Å². The van der Waals surface area contributed by atoms with Crippen LogP contribution in [0.5, 0.6) is 0 Å². The fraction of sp³-hybridized carbons (Fsp3) is 0.933. The first-order chi connectivity index (χ1) is 32.5. The van der Waals surface area contributed by atoms with Crippen molar-refractivity contribution in [1.29, 1.82) is 0 Å². The van der Waals surface area contributed by atoms with Gasteiger partial charge in [-0.25, -0.2) is 0 Å². The van der Waals surface area contributed by atoms with Crippen LogP contribution in [0.15, 0.2) is 12.2 Å². The lowest BCUT2D eigenvalue weighted by Crippen LogP contribution is -2.45. The summed E-state index contributed by atoms with van der Waals surface area (Å²) >= 11 is 0. The topological polar surface area (TPSA) is 95.9 Å². The summed E-state index contributed by atoms with van der Waals surface area (Å²) in [7, 11) is 0. The molecule has 66 heavy (non-hydrogen) atoms. The standard InChI is InChI=1S/C60H117NO5/c1-3-5-7-9-11-13-15-17-24-28-32-36-40-44-48-52-58(63)57(56-62)61-59(64)53-49-45-41-37-33-29-26-22-20-19-21-23-27-31-35-39-43-47-51-55-66-60(65)54-50-46-42-38-34-30-25-18-16-14-12-10-8-6-4-2/h19-20,57-58,62-63H,3-18,21-56H2,1-2H3,(H,61,64)/b20-19-. The van der Waals surface area contributed by atoms with Crippen molar-refractivity contribution < 1.29 is 24.5 Å². The summed E-state index contributed by atoms with van der Waals surface area (Å²) in [5, 5.41) is 23.3. The quantitative estimate of drug-likeness (QED) is 0.0321. The minimum absolute atomic E-state index is 0.00747. The molecule has 0 bridgehead atoms. The first-order valence-corrected chi connectivity index (χ1v) is 29.9. The van der Waals surface area contributed by atoms with Gasteiger partial charge < -0.3 is 20.3 Å². The number of hydrogen-bond donors (Lipinski definition) is 3. The predicted molar refractivity (Wildman–Crippen MR) is 287 cm³/mol. The number of aliphatic hydroxyl groups excluding tert-OH is 2. The Balaban J connectivity index is 3.42. The van der Waals surface area contributed by atoms with Crippen molar-refractivity contribution in [3.63, 3.8) is 0 Å². The molecule has 392 valence electrons. The Bertz CT molecular complexity index is 986. The van der Waals surface area contributed by atoms with E-state index in [9.17, 15) is 19.8 Å². The second-order valence-corrected chi connectivity index (χ2v) is 20.7. The maximum Gasteiger partial charge on any atom is 0.305 e. The minimum atomic E-state index is -0.669. The molecule has 0 aromatic carbocycles. The molecule has 1 amide bonds. The zero-order chi connectivity index (χ0) is 47.9. The highest BCUT2D eigenvalue weighted by atomic mass is 16.5. The van der Waals surface area contributed by atoms with Gasteiger partial charge in [0.05, 0.1) is 25.4 Å². The lowest BCUT2D eigenvalue weighted by Gasteiger charge is -2.22. The third kappa shape index (κ3) is 52.0. The molecule has 2 atom stereocenters. The van der Waals surface area contributed by atoms with E-state index >= 15 is 0 Å². The summed E-state index contributed by atoms with van der Waals surface area (Å²) in [4.78, 5) is 24.5. The van der Waals surface area contributed by atoms with Crippen LogP contribution in [0.2, 0.25) is 0 Å². The minimum Gasteiger partial charge on any atom is -0.466 e. The van der Waals surface area contributed by atoms with E-state index in [2.05, 4.69) is 31.3 Å². The van der Waals surface area contributed by atoms with Crippen molar-refractivity contribution in [2.24, 2.45) is 0 Å². The van der Waals surface area contributed by atoms with Gasteiger partial charge in [-0.3, -0.25) is 9.59 Å². The molecule has 6 nitrogen and oxygen atoms in total. The molecule has 0 aliphatic rings. The summed E-state index contributed by atoms with van der Waals surface area (Å²) in [6.45, 7) is 4.96. The number of esters is 1. The molecule has 0 saturated carbocycles. The Kier molecular flexibility index (Phi) is 55.0. The molecule has 0 fully saturated rings. The first kappa shape index (κ1) is 64.6. The molecule has 6 heteroatoms. The van der Waals surface area contributed by atoms with Gasteiger partial charge in [0, 0.05) is 12.8 Å². The first-order valence-electron chi connectivity index (χ1n) is 29.9. The van der Waals surface area contributed by atoms with E-state index in [4.69, 9.17) is 4.74 Å². The van der Waals surface area contributed by atoms with Crippen molar-refractivity contribution >= 4 is 11.9 Å². The van der Waals surface area contributed by atoms with E-state index < -0.39 is 12.1 Å². The largest absolute Gasteiger partial charge is 0.466 e. The Labute approximate surface area is 412 Å². The molecule has 0 aliphatic heterocycles. The van der Waals surface area contributed by atoms with Gasteiger partial charge in [-0.1, -0.05) is 283 Å². The van der Waals surface area contributed by atoms with Crippen LogP contribution in [-0.4, -0.2) is 47.4 Å². The maximum absolute atomic E-state index is 12.5. The number of carbonyl (C=O) groups is 2. The monoisotopic (exact) mass is 932 g/mol. The molecule has 0 aromatic heterocycles. The number of aliphatic hydroxyl groups is 2. The van der Waals surface area contributed by atoms with Gasteiger partial charge in [-0.2, -0.15) is 0 Å². The second kappa shape index (κ2) is 56.2. The Morgan fingerprint density at radius 3 is 1.08 bits per heavy atom. The van der Waals surface area contributed by atoms with Crippen molar-refractivity contribution in [2.75, 3.05) is 13.2 Å². The van der Waals surface area contributed by atoms with Gasteiger partial charge in [0.15, 0.2) is 0 Å². The fourth-order valence-corrected chi connectivity index (χ4v) is 9.46. The number of ether oxygens (including phenoxy) is 1. The highest BCUT2D eigenvalue weighted by molar-refractivity contribution is 5.76. The van der Waals surface area contributed by atoms with E-state index in [1.54, 1.807) is 0 Å². The number of carbonyl (C=O) groups excluding carboxylic acids is 2. The zero-order valence-electron chi connectivity index (χ0n) is 44.7. The third-order valence-corrected chi connectivity index (χ3v) is 14.1. The van der Waals surface area contributed by atoms with Gasteiger partial charge >= 0.3 is 5.97 Å². The fourth-order valence-electron chi connectivity index (χ4n) is 9.46.